The first-order valence-corrected chi connectivity index (χ1v) is 7.03. The number of hydrogen-bond acceptors (Lipinski definition) is 4. The van der Waals surface area contributed by atoms with E-state index in [1.807, 2.05) is 30.3 Å². The molecule has 1 heterocycles. The molecule has 1 unspecified atom stereocenters. The lowest BCUT2D eigenvalue weighted by Gasteiger charge is -2.12. The fourth-order valence-corrected chi connectivity index (χ4v) is 2.49. The highest BCUT2D eigenvalue weighted by atomic mass is 32.1. The lowest BCUT2D eigenvalue weighted by atomic mass is 10.2. The molecule has 1 N–H and O–H groups in total. The largest absolute Gasteiger partial charge is 0.479 e. The van der Waals surface area contributed by atoms with Crippen molar-refractivity contribution in [3.63, 3.8) is 0 Å². The molecule has 2 aromatic rings. The molecule has 0 bridgehead atoms. The van der Waals surface area contributed by atoms with Crippen LogP contribution in [0.1, 0.15) is 23.4 Å². The van der Waals surface area contributed by atoms with E-state index >= 15 is 0 Å². The van der Waals surface area contributed by atoms with E-state index < -0.39 is 0 Å². The lowest BCUT2D eigenvalue weighted by Crippen LogP contribution is -2.17. The van der Waals surface area contributed by atoms with Crippen molar-refractivity contribution in [2.75, 3.05) is 6.61 Å². The maximum atomic E-state index is 8.43. The highest BCUT2D eigenvalue weighted by Crippen LogP contribution is 2.19. The Bertz CT molecular complexity index is 528. The Kier molecular flexibility index (Phi) is 4.96. The summed E-state index contributed by atoms with van der Waals surface area (Å²) < 4.78 is 5.21. The number of nitrogens with one attached hydrogen (secondary N) is 1. The number of ether oxygens (including phenoxy) is 1. The fraction of sp³-hybridized carbons (Fsp3) is 0.267. The minimum absolute atomic E-state index is 0.0903. The summed E-state index contributed by atoms with van der Waals surface area (Å²) >= 11 is 1.76. The van der Waals surface area contributed by atoms with Crippen LogP contribution in [0.25, 0.3) is 0 Å². The molecule has 4 heteroatoms. The van der Waals surface area contributed by atoms with Crippen LogP contribution in [0.3, 0.4) is 0 Å². The van der Waals surface area contributed by atoms with Crippen LogP contribution in [0.15, 0.2) is 41.8 Å². The molecule has 2 rings (SSSR count). The average Bonchev–Trinajstić information content (AvgIpc) is 2.98. The van der Waals surface area contributed by atoms with Crippen LogP contribution in [0.5, 0.6) is 5.75 Å². The van der Waals surface area contributed by atoms with Crippen molar-refractivity contribution in [2.45, 2.75) is 19.5 Å². The summed E-state index contributed by atoms with van der Waals surface area (Å²) in [5, 5.41) is 14.0. The number of benzene rings is 1. The van der Waals surface area contributed by atoms with Gasteiger partial charge in [-0.2, -0.15) is 5.26 Å². The standard InChI is InChI=1S/C15H16N2OS/c1-12(15-3-2-10-19-15)17-11-13-4-6-14(7-5-13)18-9-8-16/h2-7,10,12,17H,9,11H2,1H3. The SMILES string of the molecule is CC(NCc1ccc(OCC#N)cc1)c1cccs1. The minimum atomic E-state index is 0.0903. The van der Waals surface area contributed by atoms with Crippen LogP contribution in [0, 0.1) is 11.3 Å². The summed E-state index contributed by atoms with van der Waals surface area (Å²) in [5.41, 5.74) is 1.20. The van der Waals surface area contributed by atoms with Crippen LogP contribution in [0.2, 0.25) is 0 Å². The summed E-state index contributed by atoms with van der Waals surface area (Å²) in [4.78, 5) is 1.34. The normalized spacial score (nSPS) is 11.8. The van der Waals surface area contributed by atoms with Crippen LogP contribution in [-0.2, 0) is 6.54 Å². The zero-order chi connectivity index (χ0) is 13.5. The summed E-state index contributed by atoms with van der Waals surface area (Å²) in [7, 11) is 0. The van der Waals surface area contributed by atoms with Crippen molar-refractivity contribution in [3.8, 4) is 11.8 Å². The van der Waals surface area contributed by atoms with Gasteiger partial charge >= 0.3 is 0 Å². The molecule has 3 nitrogen and oxygen atoms in total. The minimum Gasteiger partial charge on any atom is -0.479 e. The van der Waals surface area contributed by atoms with Crippen molar-refractivity contribution in [2.24, 2.45) is 0 Å². The Balaban J connectivity index is 1.85. The molecule has 0 radical (unpaired) electrons. The molecule has 0 spiro atoms. The summed E-state index contributed by atoms with van der Waals surface area (Å²) in [6.45, 7) is 3.07. The number of rotatable bonds is 6. The Labute approximate surface area is 117 Å². The van der Waals surface area contributed by atoms with Gasteiger partial charge in [0.05, 0.1) is 0 Å². The maximum absolute atomic E-state index is 8.43. The predicted molar refractivity (Wildman–Crippen MR) is 77.1 cm³/mol. The summed E-state index contributed by atoms with van der Waals surface area (Å²) in [6, 6.07) is 14.3. The van der Waals surface area contributed by atoms with Gasteiger partial charge in [0.15, 0.2) is 6.61 Å². The first-order valence-electron chi connectivity index (χ1n) is 6.15. The molecule has 1 aromatic heterocycles. The summed E-state index contributed by atoms with van der Waals surface area (Å²) in [5.74, 6) is 0.733. The third-order valence-electron chi connectivity index (χ3n) is 2.81. The topological polar surface area (TPSA) is 45.0 Å². The van der Waals surface area contributed by atoms with Gasteiger partial charge in [-0.1, -0.05) is 18.2 Å². The third kappa shape index (κ3) is 4.09. The second-order valence-electron chi connectivity index (χ2n) is 4.21. The maximum Gasteiger partial charge on any atom is 0.174 e. The second-order valence-corrected chi connectivity index (χ2v) is 5.19. The quantitative estimate of drug-likeness (QED) is 0.875. The van der Waals surface area contributed by atoms with Crippen molar-refractivity contribution in [1.82, 2.24) is 5.32 Å². The van der Waals surface area contributed by atoms with Crippen LogP contribution < -0.4 is 10.1 Å². The number of hydrogen-bond donors (Lipinski definition) is 1. The van der Waals surface area contributed by atoms with E-state index in [1.54, 1.807) is 11.3 Å². The zero-order valence-corrected chi connectivity index (χ0v) is 11.6. The molecule has 1 aromatic carbocycles. The zero-order valence-electron chi connectivity index (χ0n) is 10.8. The van der Waals surface area contributed by atoms with Crippen LogP contribution in [-0.4, -0.2) is 6.61 Å². The smallest absolute Gasteiger partial charge is 0.174 e. The van der Waals surface area contributed by atoms with Gasteiger partial charge in [0, 0.05) is 17.5 Å². The first kappa shape index (κ1) is 13.6. The van der Waals surface area contributed by atoms with E-state index in [0.717, 1.165) is 12.3 Å². The van der Waals surface area contributed by atoms with E-state index in [4.69, 9.17) is 10.00 Å². The van der Waals surface area contributed by atoms with Crippen molar-refractivity contribution < 1.29 is 4.74 Å². The monoisotopic (exact) mass is 272 g/mol. The van der Waals surface area contributed by atoms with Gasteiger partial charge in [-0.3, -0.25) is 0 Å². The van der Waals surface area contributed by atoms with Gasteiger partial charge in [0.25, 0.3) is 0 Å². The van der Waals surface area contributed by atoms with Gasteiger partial charge in [0.1, 0.15) is 11.8 Å². The van der Waals surface area contributed by atoms with Crippen molar-refractivity contribution in [1.29, 1.82) is 5.26 Å². The van der Waals surface area contributed by atoms with E-state index in [1.165, 1.54) is 10.4 Å². The Hall–Kier alpha value is -1.83. The van der Waals surface area contributed by atoms with E-state index in [-0.39, 0.29) is 6.61 Å². The fourth-order valence-electron chi connectivity index (χ4n) is 1.73. The highest BCUT2D eigenvalue weighted by molar-refractivity contribution is 7.10. The van der Waals surface area contributed by atoms with Gasteiger partial charge in [-0.15, -0.1) is 11.3 Å². The molecular formula is C15H16N2OS. The first-order chi connectivity index (χ1) is 9.29. The Morgan fingerprint density at radius 2 is 2.11 bits per heavy atom. The second kappa shape index (κ2) is 6.93. The van der Waals surface area contributed by atoms with Crippen molar-refractivity contribution >= 4 is 11.3 Å². The van der Waals surface area contributed by atoms with E-state index in [0.29, 0.717) is 6.04 Å². The number of thiophene rings is 1. The van der Waals surface area contributed by atoms with Gasteiger partial charge in [-0.05, 0) is 36.1 Å². The Morgan fingerprint density at radius 3 is 2.74 bits per heavy atom. The number of nitrogens with zero attached hydrogens (tertiary/aromatic N) is 1. The van der Waals surface area contributed by atoms with Crippen molar-refractivity contribution in [3.05, 3.63) is 52.2 Å². The molecule has 1 atom stereocenters. The molecule has 98 valence electrons. The molecule has 0 aliphatic heterocycles. The van der Waals surface area contributed by atoms with E-state index in [9.17, 15) is 0 Å². The Morgan fingerprint density at radius 1 is 1.32 bits per heavy atom. The molecule has 0 saturated carbocycles. The van der Waals surface area contributed by atoms with Gasteiger partial charge < -0.3 is 10.1 Å². The highest BCUT2D eigenvalue weighted by Gasteiger charge is 2.05. The average molecular weight is 272 g/mol. The molecule has 19 heavy (non-hydrogen) atoms. The van der Waals surface area contributed by atoms with E-state index in [2.05, 4.69) is 29.8 Å². The number of nitriles is 1. The van der Waals surface area contributed by atoms with Gasteiger partial charge in [0.2, 0.25) is 0 Å². The third-order valence-corrected chi connectivity index (χ3v) is 3.86. The summed E-state index contributed by atoms with van der Waals surface area (Å²) in [6.07, 6.45) is 0. The molecule has 0 saturated heterocycles. The molecule has 0 amide bonds. The lowest BCUT2D eigenvalue weighted by molar-refractivity contribution is 0.368. The predicted octanol–water partition coefficient (Wildman–Crippen LogP) is 3.50. The van der Waals surface area contributed by atoms with Crippen LogP contribution >= 0.6 is 11.3 Å². The molecule has 0 aliphatic rings. The van der Waals surface area contributed by atoms with Crippen LogP contribution in [0.4, 0.5) is 0 Å². The van der Waals surface area contributed by atoms with Gasteiger partial charge in [-0.25, -0.2) is 0 Å². The molecule has 0 fully saturated rings. The molecule has 0 aliphatic carbocycles. The molecular weight excluding hydrogens is 256 g/mol.